The van der Waals surface area contributed by atoms with E-state index in [0.717, 1.165) is 12.8 Å². The number of anilines is 1. The number of para-hydroxylation sites is 2. The highest BCUT2D eigenvalue weighted by molar-refractivity contribution is 6.10. The van der Waals surface area contributed by atoms with Gasteiger partial charge in [-0.05, 0) is 58.2 Å². The van der Waals surface area contributed by atoms with Crippen molar-refractivity contribution < 1.29 is 14.3 Å². The van der Waals surface area contributed by atoms with E-state index in [1.807, 2.05) is 44.2 Å². The molecule has 0 bridgehead atoms. The van der Waals surface area contributed by atoms with E-state index in [9.17, 15) is 9.59 Å². The monoisotopic (exact) mass is 382 g/mol. The minimum absolute atomic E-state index is 0.0148. The molecule has 0 aliphatic carbocycles. The van der Waals surface area contributed by atoms with E-state index in [2.05, 4.69) is 22.8 Å². The molecular weight excluding hydrogens is 352 g/mol. The van der Waals surface area contributed by atoms with Gasteiger partial charge in [0.05, 0.1) is 11.8 Å². The molecule has 0 spiro atoms. The highest BCUT2D eigenvalue weighted by Crippen LogP contribution is 2.27. The summed E-state index contributed by atoms with van der Waals surface area (Å²) in [7, 11) is 0. The Hall–Kier alpha value is -2.82. The molecule has 0 unspecified atom stereocenters. The van der Waals surface area contributed by atoms with Gasteiger partial charge in [0.2, 0.25) is 11.8 Å². The van der Waals surface area contributed by atoms with Gasteiger partial charge in [0.25, 0.3) is 0 Å². The van der Waals surface area contributed by atoms with Crippen molar-refractivity contribution in [2.24, 2.45) is 5.41 Å². The van der Waals surface area contributed by atoms with Crippen LogP contribution in [0.15, 0.2) is 54.6 Å². The minimum atomic E-state index is -1.20. The lowest BCUT2D eigenvalue weighted by molar-refractivity contribution is -0.138. The van der Waals surface area contributed by atoms with Crippen molar-refractivity contribution in [2.45, 2.75) is 46.6 Å². The summed E-state index contributed by atoms with van der Waals surface area (Å²) in [6.07, 6.45) is 1.69. The standard InChI is InChI=1S/C23H30N2O3/c1-17(2)28-20-15-9-8-14-19(20)25-22(27)23(3,4)21(26)24-16-10-13-18-11-6-5-7-12-18/h5-9,11-12,14-15,17H,10,13,16H2,1-4H3,(H,24,26)(H,25,27). The third kappa shape index (κ3) is 6.12. The quantitative estimate of drug-likeness (QED) is 0.505. The van der Waals surface area contributed by atoms with Crippen molar-refractivity contribution in [3.63, 3.8) is 0 Å². The fourth-order valence-corrected chi connectivity index (χ4v) is 2.67. The molecule has 0 saturated heterocycles. The number of rotatable bonds is 9. The molecule has 150 valence electrons. The molecule has 0 aromatic heterocycles. The van der Waals surface area contributed by atoms with Crippen molar-refractivity contribution in [3.8, 4) is 5.75 Å². The van der Waals surface area contributed by atoms with E-state index >= 15 is 0 Å². The molecule has 0 fully saturated rings. The number of aryl methyl sites for hydroxylation is 1. The Morgan fingerprint density at radius 1 is 0.964 bits per heavy atom. The summed E-state index contributed by atoms with van der Waals surface area (Å²) < 4.78 is 5.73. The molecule has 2 aromatic carbocycles. The van der Waals surface area contributed by atoms with Crippen LogP contribution in [-0.4, -0.2) is 24.5 Å². The molecule has 0 saturated carbocycles. The first kappa shape index (κ1) is 21.5. The minimum Gasteiger partial charge on any atom is -0.489 e. The van der Waals surface area contributed by atoms with Crippen LogP contribution in [0.2, 0.25) is 0 Å². The Kier molecular flexibility index (Phi) is 7.61. The predicted molar refractivity (Wildman–Crippen MR) is 112 cm³/mol. The zero-order chi connectivity index (χ0) is 20.6. The van der Waals surface area contributed by atoms with E-state index in [0.29, 0.717) is 18.0 Å². The molecule has 0 heterocycles. The average molecular weight is 383 g/mol. The summed E-state index contributed by atoms with van der Waals surface area (Å²) in [4.78, 5) is 25.3. The van der Waals surface area contributed by atoms with Crippen molar-refractivity contribution in [1.29, 1.82) is 0 Å². The van der Waals surface area contributed by atoms with Gasteiger partial charge in [-0.1, -0.05) is 42.5 Å². The van der Waals surface area contributed by atoms with E-state index < -0.39 is 5.41 Å². The van der Waals surface area contributed by atoms with Crippen LogP contribution in [0, 0.1) is 5.41 Å². The molecular formula is C23H30N2O3. The topological polar surface area (TPSA) is 67.4 Å². The SMILES string of the molecule is CC(C)Oc1ccccc1NC(=O)C(C)(C)C(=O)NCCCc1ccccc1. The molecule has 2 amide bonds. The van der Waals surface area contributed by atoms with Crippen LogP contribution in [-0.2, 0) is 16.0 Å². The molecule has 0 aliphatic rings. The summed E-state index contributed by atoms with van der Waals surface area (Å²) >= 11 is 0. The fraction of sp³-hybridized carbons (Fsp3) is 0.391. The van der Waals surface area contributed by atoms with Gasteiger partial charge in [0.15, 0.2) is 0 Å². The lowest BCUT2D eigenvalue weighted by Gasteiger charge is -2.24. The van der Waals surface area contributed by atoms with Crippen molar-refractivity contribution >= 4 is 17.5 Å². The van der Waals surface area contributed by atoms with E-state index in [-0.39, 0.29) is 17.9 Å². The molecule has 5 nitrogen and oxygen atoms in total. The van der Waals surface area contributed by atoms with E-state index in [1.54, 1.807) is 26.0 Å². The van der Waals surface area contributed by atoms with Gasteiger partial charge in [0, 0.05) is 6.54 Å². The number of amides is 2. The van der Waals surface area contributed by atoms with Gasteiger partial charge >= 0.3 is 0 Å². The zero-order valence-corrected chi connectivity index (χ0v) is 17.1. The highest BCUT2D eigenvalue weighted by Gasteiger charge is 2.36. The van der Waals surface area contributed by atoms with Crippen LogP contribution in [0.3, 0.4) is 0 Å². The second kappa shape index (κ2) is 9.93. The summed E-state index contributed by atoms with van der Waals surface area (Å²) in [6, 6.07) is 17.3. The maximum absolute atomic E-state index is 12.7. The summed E-state index contributed by atoms with van der Waals surface area (Å²) in [5, 5.41) is 5.70. The van der Waals surface area contributed by atoms with Gasteiger partial charge in [-0.2, -0.15) is 0 Å². The molecule has 28 heavy (non-hydrogen) atoms. The Bertz CT molecular complexity index is 785. The summed E-state index contributed by atoms with van der Waals surface area (Å²) in [5.41, 5.74) is 0.596. The van der Waals surface area contributed by atoms with Gasteiger partial charge in [-0.3, -0.25) is 9.59 Å². The number of carbonyl (C=O) groups is 2. The zero-order valence-electron chi connectivity index (χ0n) is 17.1. The summed E-state index contributed by atoms with van der Waals surface area (Å²) in [5.74, 6) is -0.0712. The van der Waals surface area contributed by atoms with Crippen LogP contribution in [0.5, 0.6) is 5.75 Å². The van der Waals surface area contributed by atoms with Gasteiger partial charge < -0.3 is 15.4 Å². The first-order valence-electron chi connectivity index (χ1n) is 9.70. The lowest BCUT2D eigenvalue weighted by Crippen LogP contribution is -2.45. The Balaban J connectivity index is 1.90. The number of ether oxygens (including phenoxy) is 1. The predicted octanol–water partition coefficient (Wildman–Crippen LogP) is 4.19. The molecule has 0 aliphatic heterocycles. The molecule has 0 radical (unpaired) electrons. The number of benzene rings is 2. The van der Waals surface area contributed by atoms with Gasteiger partial charge in [0.1, 0.15) is 11.2 Å². The molecule has 0 atom stereocenters. The van der Waals surface area contributed by atoms with Gasteiger partial charge in [-0.25, -0.2) is 0 Å². The maximum atomic E-state index is 12.7. The van der Waals surface area contributed by atoms with Crippen LogP contribution in [0.25, 0.3) is 0 Å². The van der Waals surface area contributed by atoms with Crippen LogP contribution >= 0.6 is 0 Å². The molecule has 2 rings (SSSR count). The number of hydrogen-bond acceptors (Lipinski definition) is 3. The molecule has 2 N–H and O–H groups in total. The van der Waals surface area contributed by atoms with E-state index in [1.165, 1.54) is 5.56 Å². The van der Waals surface area contributed by atoms with Crippen LogP contribution in [0.1, 0.15) is 39.7 Å². The molecule has 5 heteroatoms. The van der Waals surface area contributed by atoms with Crippen molar-refractivity contribution in [2.75, 3.05) is 11.9 Å². The van der Waals surface area contributed by atoms with Crippen LogP contribution in [0.4, 0.5) is 5.69 Å². The largest absolute Gasteiger partial charge is 0.489 e. The lowest BCUT2D eigenvalue weighted by atomic mass is 9.90. The first-order chi connectivity index (χ1) is 13.3. The third-order valence-electron chi connectivity index (χ3n) is 4.40. The normalized spacial score (nSPS) is 11.2. The van der Waals surface area contributed by atoms with Crippen LogP contribution < -0.4 is 15.4 Å². The third-order valence-corrected chi connectivity index (χ3v) is 4.40. The fourth-order valence-electron chi connectivity index (χ4n) is 2.67. The van der Waals surface area contributed by atoms with Gasteiger partial charge in [-0.15, -0.1) is 0 Å². The maximum Gasteiger partial charge on any atom is 0.239 e. The molecule has 2 aromatic rings. The Labute approximate surface area is 167 Å². The smallest absolute Gasteiger partial charge is 0.239 e. The van der Waals surface area contributed by atoms with Crippen molar-refractivity contribution in [1.82, 2.24) is 5.32 Å². The number of carbonyl (C=O) groups excluding carboxylic acids is 2. The summed E-state index contributed by atoms with van der Waals surface area (Å²) in [6.45, 7) is 7.62. The Morgan fingerprint density at radius 2 is 1.61 bits per heavy atom. The number of hydrogen-bond donors (Lipinski definition) is 2. The van der Waals surface area contributed by atoms with E-state index in [4.69, 9.17) is 4.74 Å². The highest BCUT2D eigenvalue weighted by atomic mass is 16.5. The Morgan fingerprint density at radius 3 is 2.29 bits per heavy atom. The van der Waals surface area contributed by atoms with Crippen molar-refractivity contribution in [3.05, 3.63) is 60.2 Å². The second-order valence-corrected chi connectivity index (χ2v) is 7.59. The first-order valence-corrected chi connectivity index (χ1v) is 9.70. The average Bonchev–Trinajstić information content (AvgIpc) is 2.67. The second-order valence-electron chi connectivity index (χ2n) is 7.59. The number of nitrogens with one attached hydrogen (secondary N) is 2.